The molecule has 0 radical (unpaired) electrons. The van der Waals surface area contributed by atoms with Gasteiger partial charge in [-0.25, -0.2) is 0 Å². The molecule has 2 aromatic carbocycles. The number of halogens is 2. The summed E-state index contributed by atoms with van der Waals surface area (Å²) < 4.78 is 1.89. The molecule has 3 rings (SSSR count). The van der Waals surface area contributed by atoms with E-state index in [1.165, 1.54) is 0 Å². The van der Waals surface area contributed by atoms with E-state index in [0.717, 1.165) is 26.0 Å². The molecule has 0 atom stereocenters. The number of fused-ring (bicyclic) bond motifs is 2. The van der Waals surface area contributed by atoms with Gasteiger partial charge >= 0.3 is 0 Å². The van der Waals surface area contributed by atoms with Crippen LogP contribution in [-0.4, -0.2) is 30.3 Å². The van der Waals surface area contributed by atoms with E-state index in [0.29, 0.717) is 30.0 Å². The first kappa shape index (κ1) is 21.9. The van der Waals surface area contributed by atoms with Crippen LogP contribution >= 0.6 is 35.3 Å². The van der Waals surface area contributed by atoms with Crippen molar-refractivity contribution in [2.45, 2.75) is 26.4 Å². The van der Waals surface area contributed by atoms with Crippen LogP contribution < -0.4 is 16.1 Å². The van der Waals surface area contributed by atoms with Crippen molar-refractivity contribution in [2.24, 2.45) is 0 Å². The summed E-state index contributed by atoms with van der Waals surface area (Å²) in [4.78, 5) is 13.1. The van der Waals surface area contributed by atoms with Crippen molar-refractivity contribution in [1.29, 1.82) is 0 Å². The van der Waals surface area contributed by atoms with Gasteiger partial charge in [-0.1, -0.05) is 17.7 Å². The number of rotatable bonds is 6. The maximum absolute atomic E-state index is 13.1. The number of aliphatic hydroxyl groups is 1. The Hall–Kier alpha value is -1.37. The third-order valence-corrected chi connectivity index (χ3v) is 5.68. The smallest absolute Gasteiger partial charge is 0.197 e. The highest BCUT2D eigenvalue weighted by Gasteiger charge is 2.13. The summed E-state index contributed by atoms with van der Waals surface area (Å²) in [5.74, 6) is 0. The van der Waals surface area contributed by atoms with Crippen LogP contribution in [-0.2, 0) is 0 Å². The molecule has 4 nitrogen and oxygen atoms in total. The van der Waals surface area contributed by atoms with Crippen LogP contribution in [0.25, 0.3) is 20.2 Å². The predicted molar refractivity (Wildman–Crippen MR) is 120 cm³/mol. The van der Waals surface area contributed by atoms with Gasteiger partial charge < -0.3 is 15.7 Å². The van der Waals surface area contributed by atoms with Gasteiger partial charge in [0.2, 0.25) is 0 Å². The van der Waals surface area contributed by atoms with Crippen LogP contribution in [0.3, 0.4) is 0 Å². The molecule has 0 bridgehead atoms. The molecule has 0 unspecified atom stereocenters. The molecule has 1 heterocycles. The molecule has 0 amide bonds. The molecular formula is C20H24Cl2N2O2S. The Morgan fingerprint density at radius 1 is 1.19 bits per heavy atom. The maximum atomic E-state index is 13.1. The topological polar surface area (TPSA) is 61.4 Å². The zero-order valence-electron chi connectivity index (χ0n) is 15.6. The predicted octanol–water partition coefficient (Wildman–Crippen LogP) is 4.57. The van der Waals surface area contributed by atoms with Gasteiger partial charge in [-0.3, -0.25) is 4.79 Å². The molecular weight excluding hydrogens is 403 g/mol. The van der Waals surface area contributed by atoms with Crippen molar-refractivity contribution in [1.82, 2.24) is 5.32 Å². The van der Waals surface area contributed by atoms with Gasteiger partial charge in [0.1, 0.15) is 0 Å². The standard InChI is InChI=1S/C20H23ClN2O2S.ClH/c1-12-4-7-15(23-9-8-22-11-20(2,3)25)17-18(24)14-6-5-13(21)10-16(14)26-19(12)17;/h4-7,10,22-23,25H,8-9,11H2,1-3H3;1H. The van der Waals surface area contributed by atoms with Crippen LogP contribution in [0, 0.1) is 6.92 Å². The van der Waals surface area contributed by atoms with Crippen molar-refractivity contribution in [3.63, 3.8) is 0 Å². The minimum atomic E-state index is -0.736. The molecule has 0 aliphatic carbocycles. The fourth-order valence-corrected chi connectivity index (χ4v) is 4.33. The first-order valence-electron chi connectivity index (χ1n) is 8.59. The Morgan fingerprint density at radius 3 is 2.63 bits per heavy atom. The number of benzene rings is 2. The van der Waals surface area contributed by atoms with Crippen molar-refractivity contribution >= 4 is 61.2 Å². The second kappa shape index (κ2) is 8.76. The lowest BCUT2D eigenvalue weighted by atomic mass is 10.1. The molecule has 27 heavy (non-hydrogen) atoms. The molecule has 0 saturated carbocycles. The summed E-state index contributed by atoms with van der Waals surface area (Å²) >= 11 is 7.69. The lowest BCUT2D eigenvalue weighted by Gasteiger charge is -2.18. The van der Waals surface area contributed by atoms with E-state index >= 15 is 0 Å². The third kappa shape index (κ3) is 5.12. The number of anilines is 1. The molecule has 0 aliphatic rings. The summed E-state index contributed by atoms with van der Waals surface area (Å²) in [6.07, 6.45) is 0. The molecule has 3 aromatic rings. The van der Waals surface area contributed by atoms with Crippen LogP contribution in [0.4, 0.5) is 5.69 Å². The van der Waals surface area contributed by atoms with Crippen molar-refractivity contribution in [3.05, 3.63) is 51.1 Å². The first-order valence-corrected chi connectivity index (χ1v) is 9.78. The van der Waals surface area contributed by atoms with E-state index in [9.17, 15) is 9.90 Å². The molecule has 0 saturated heterocycles. The molecule has 146 valence electrons. The minimum Gasteiger partial charge on any atom is -0.389 e. The molecule has 0 aliphatic heterocycles. The van der Waals surface area contributed by atoms with E-state index in [2.05, 4.69) is 10.6 Å². The number of nitrogens with one attached hydrogen (secondary N) is 2. The summed E-state index contributed by atoms with van der Waals surface area (Å²) in [6.45, 7) is 7.43. The Bertz CT molecular complexity index is 1010. The third-order valence-electron chi connectivity index (χ3n) is 4.16. The Kier molecular flexibility index (Phi) is 7.11. The van der Waals surface area contributed by atoms with E-state index in [-0.39, 0.29) is 17.8 Å². The average molecular weight is 427 g/mol. The number of aryl methyl sites for hydroxylation is 1. The summed E-state index contributed by atoms with van der Waals surface area (Å²) in [7, 11) is 0. The highest BCUT2D eigenvalue weighted by Crippen LogP contribution is 2.32. The minimum absolute atomic E-state index is 0. The van der Waals surface area contributed by atoms with Crippen molar-refractivity contribution < 1.29 is 5.11 Å². The lowest BCUT2D eigenvalue weighted by Crippen LogP contribution is -2.36. The van der Waals surface area contributed by atoms with Crippen LogP contribution in [0.15, 0.2) is 35.1 Å². The highest BCUT2D eigenvalue weighted by atomic mass is 35.5. The molecule has 1 aromatic heterocycles. The molecule has 3 N–H and O–H groups in total. The Labute approximate surface area is 174 Å². The van der Waals surface area contributed by atoms with Crippen molar-refractivity contribution in [2.75, 3.05) is 25.0 Å². The lowest BCUT2D eigenvalue weighted by molar-refractivity contribution is 0.0804. The van der Waals surface area contributed by atoms with Crippen LogP contribution in [0.2, 0.25) is 5.02 Å². The normalized spacial score (nSPS) is 11.6. The van der Waals surface area contributed by atoms with E-state index < -0.39 is 5.60 Å². The maximum Gasteiger partial charge on any atom is 0.197 e. The van der Waals surface area contributed by atoms with Crippen molar-refractivity contribution in [3.8, 4) is 0 Å². The first-order chi connectivity index (χ1) is 12.3. The van der Waals surface area contributed by atoms with Crippen LogP contribution in [0.5, 0.6) is 0 Å². The highest BCUT2D eigenvalue weighted by molar-refractivity contribution is 7.24. The molecule has 0 spiro atoms. The second-order valence-electron chi connectivity index (χ2n) is 7.12. The van der Waals surface area contributed by atoms with E-state index in [1.807, 2.05) is 25.1 Å². The molecule has 0 fully saturated rings. The summed E-state index contributed by atoms with van der Waals surface area (Å²) in [5, 5.41) is 18.3. The van der Waals surface area contributed by atoms with Crippen LogP contribution in [0.1, 0.15) is 19.4 Å². The van der Waals surface area contributed by atoms with Gasteiger partial charge in [-0.15, -0.1) is 23.7 Å². The summed E-state index contributed by atoms with van der Waals surface area (Å²) in [6, 6.07) is 9.40. The molecule has 7 heteroatoms. The van der Waals surface area contributed by atoms with Gasteiger partial charge in [0.15, 0.2) is 5.43 Å². The van der Waals surface area contributed by atoms with Gasteiger partial charge in [0.05, 0.1) is 11.0 Å². The van der Waals surface area contributed by atoms with Gasteiger partial charge in [0.25, 0.3) is 0 Å². The van der Waals surface area contributed by atoms with Gasteiger partial charge in [-0.05, 0) is 50.6 Å². The zero-order chi connectivity index (χ0) is 18.9. The summed E-state index contributed by atoms with van der Waals surface area (Å²) in [5.41, 5.74) is 1.21. The van der Waals surface area contributed by atoms with Gasteiger partial charge in [-0.2, -0.15) is 0 Å². The van der Waals surface area contributed by atoms with E-state index in [1.54, 1.807) is 37.3 Å². The quantitative estimate of drug-likeness (QED) is 0.398. The fourth-order valence-electron chi connectivity index (χ4n) is 2.88. The fraction of sp³-hybridized carbons (Fsp3) is 0.350. The largest absolute Gasteiger partial charge is 0.389 e. The van der Waals surface area contributed by atoms with E-state index in [4.69, 9.17) is 11.6 Å². The average Bonchev–Trinajstić information content (AvgIpc) is 2.55. The zero-order valence-corrected chi connectivity index (χ0v) is 17.9. The Morgan fingerprint density at radius 2 is 1.93 bits per heavy atom. The van der Waals surface area contributed by atoms with Gasteiger partial charge in [0, 0.05) is 45.1 Å². The number of hydrogen-bond acceptors (Lipinski definition) is 5. The SMILES string of the molecule is Cc1ccc(NCCNCC(C)(C)O)c2c(=O)c3ccc(Cl)cc3sc12.Cl. The Balaban J connectivity index is 0.00000261. The number of hydrogen-bond donors (Lipinski definition) is 3. The monoisotopic (exact) mass is 426 g/mol. The second-order valence-corrected chi connectivity index (χ2v) is 8.61.